The second kappa shape index (κ2) is 8.23. The van der Waals surface area contributed by atoms with Crippen LogP contribution in [-0.2, 0) is 14.8 Å². The largest absolute Gasteiger partial charge is 0.496 e. The fraction of sp³-hybridized carbons (Fsp3) is 0.316. The van der Waals surface area contributed by atoms with E-state index in [1.807, 2.05) is 31.2 Å². The second-order valence-corrected chi connectivity index (χ2v) is 7.90. The fourth-order valence-corrected chi connectivity index (χ4v) is 3.99. The van der Waals surface area contributed by atoms with Crippen molar-refractivity contribution < 1.29 is 17.9 Å². The number of nitrogens with one attached hydrogen (secondary N) is 1. The SMILES string of the molecule is COc1ccccc1[C@@H](C)NC(=O)[C@@H](C)N(c1ccccc1)S(C)(=O)=O. The van der Waals surface area contributed by atoms with Gasteiger partial charge >= 0.3 is 0 Å². The molecule has 2 aromatic rings. The number of hydrogen-bond acceptors (Lipinski definition) is 4. The molecule has 0 saturated heterocycles. The molecule has 26 heavy (non-hydrogen) atoms. The van der Waals surface area contributed by atoms with Crippen molar-refractivity contribution in [1.29, 1.82) is 0 Å². The Morgan fingerprint density at radius 3 is 2.19 bits per heavy atom. The zero-order valence-electron chi connectivity index (χ0n) is 15.3. The van der Waals surface area contributed by atoms with E-state index in [9.17, 15) is 13.2 Å². The highest BCUT2D eigenvalue weighted by Gasteiger charge is 2.30. The second-order valence-electron chi connectivity index (χ2n) is 6.04. The fourth-order valence-electron chi connectivity index (χ4n) is 2.82. The first kappa shape index (κ1) is 19.8. The van der Waals surface area contributed by atoms with Crippen LogP contribution in [0.4, 0.5) is 5.69 Å². The molecule has 1 N–H and O–H groups in total. The molecule has 0 spiro atoms. The van der Waals surface area contributed by atoms with Gasteiger partial charge in [0.05, 0.1) is 25.1 Å². The summed E-state index contributed by atoms with van der Waals surface area (Å²) in [5, 5.41) is 2.87. The molecule has 2 atom stereocenters. The van der Waals surface area contributed by atoms with Crippen molar-refractivity contribution in [3.05, 3.63) is 60.2 Å². The van der Waals surface area contributed by atoms with Crippen molar-refractivity contribution >= 4 is 21.6 Å². The van der Waals surface area contributed by atoms with Crippen molar-refractivity contribution in [3.63, 3.8) is 0 Å². The van der Waals surface area contributed by atoms with E-state index >= 15 is 0 Å². The number of methoxy groups -OCH3 is 1. The lowest BCUT2D eigenvalue weighted by molar-refractivity contribution is -0.122. The molecule has 140 valence electrons. The minimum atomic E-state index is -3.63. The zero-order chi connectivity index (χ0) is 19.3. The van der Waals surface area contributed by atoms with Crippen LogP contribution in [-0.4, -0.2) is 33.7 Å². The summed E-state index contributed by atoms with van der Waals surface area (Å²) in [6, 6.07) is 14.7. The van der Waals surface area contributed by atoms with Gasteiger partial charge in [0.15, 0.2) is 0 Å². The van der Waals surface area contributed by atoms with Gasteiger partial charge in [-0.2, -0.15) is 0 Å². The summed E-state index contributed by atoms with van der Waals surface area (Å²) in [4.78, 5) is 12.7. The van der Waals surface area contributed by atoms with Crippen molar-refractivity contribution in [1.82, 2.24) is 5.32 Å². The number of carbonyl (C=O) groups is 1. The van der Waals surface area contributed by atoms with Crippen LogP contribution in [0.5, 0.6) is 5.75 Å². The average Bonchev–Trinajstić information content (AvgIpc) is 2.61. The number of anilines is 1. The minimum Gasteiger partial charge on any atom is -0.496 e. The highest BCUT2D eigenvalue weighted by molar-refractivity contribution is 7.92. The maximum atomic E-state index is 12.7. The van der Waals surface area contributed by atoms with Gasteiger partial charge in [0.1, 0.15) is 11.8 Å². The van der Waals surface area contributed by atoms with E-state index in [1.54, 1.807) is 44.4 Å². The van der Waals surface area contributed by atoms with Crippen molar-refractivity contribution in [2.45, 2.75) is 25.9 Å². The third kappa shape index (κ3) is 4.54. The summed E-state index contributed by atoms with van der Waals surface area (Å²) in [6.07, 6.45) is 1.09. The van der Waals surface area contributed by atoms with Crippen LogP contribution in [0.15, 0.2) is 54.6 Å². The molecule has 0 unspecified atom stereocenters. The summed E-state index contributed by atoms with van der Waals surface area (Å²) in [5.74, 6) is 0.272. The number of benzene rings is 2. The summed E-state index contributed by atoms with van der Waals surface area (Å²) in [7, 11) is -2.06. The van der Waals surface area contributed by atoms with Gasteiger partial charge in [-0.3, -0.25) is 9.10 Å². The number of para-hydroxylation sites is 2. The lowest BCUT2D eigenvalue weighted by atomic mass is 10.1. The number of sulfonamides is 1. The Labute approximate surface area is 154 Å². The number of rotatable bonds is 7. The lowest BCUT2D eigenvalue weighted by Gasteiger charge is -2.29. The van der Waals surface area contributed by atoms with Gasteiger partial charge in [-0.25, -0.2) is 8.42 Å². The molecular formula is C19H24N2O4S. The monoisotopic (exact) mass is 376 g/mol. The molecule has 1 amide bonds. The van der Waals surface area contributed by atoms with Gasteiger partial charge in [0, 0.05) is 5.56 Å². The Morgan fingerprint density at radius 2 is 1.62 bits per heavy atom. The van der Waals surface area contributed by atoms with Crippen molar-refractivity contribution in [2.75, 3.05) is 17.7 Å². The smallest absolute Gasteiger partial charge is 0.244 e. The van der Waals surface area contributed by atoms with Crippen molar-refractivity contribution in [3.8, 4) is 5.75 Å². The number of carbonyl (C=O) groups excluding carboxylic acids is 1. The molecule has 0 heterocycles. The van der Waals surface area contributed by atoms with E-state index in [1.165, 1.54) is 0 Å². The van der Waals surface area contributed by atoms with Crippen LogP contribution in [0.25, 0.3) is 0 Å². The van der Waals surface area contributed by atoms with E-state index in [2.05, 4.69) is 5.32 Å². The van der Waals surface area contributed by atoms with Crippen LogP contribution < -0.4 is 14.4 Å². The summed E-state index contributed by atoms with van der Waals surface area (Å²) in [5.41, 5.74) is 1.27. The van der Waals surface area contributed by atoms with Gasteiger partial charge in [0.25, 0.3) is 0 Å². The van der Waals surface area contributed by atoms with E-state index in [0.29, 0.717) is 11.4 Å². The first-order valence-corrected chi connectivity index (χ1v) is 10.1. The standard InChI is InChI=1S/C19H24N2O4S/c1-14(17-12-8-9-13-18(17)25-3)20-19(22)15(2)21(26(4,23)24)16-10-6-5-7-11-16/h5-15H,1-4H3,(H,20,22)/t14-,15-/m1/s1. The zero-order valence-corrected chi connectivity index (χ0v) is 16.2. The Kier molecular flexibility index (Phi) is 6.26. The average molecular weight is 376 g/mol. The molecule has 0 aliphatic heterocycles. The van der Waals surface area contributed by atoms with Gasteiger partial charge in [-0.05, 0) is 32.0 Å². The maximum Gasteiger partial charge on any atom is 0.244 e. The molecule has 0 radical (unpaired) electrons. The first-order valence-electron chi connectivity index (χ1n) is 8.23. The van der Waals surface area contributed by atoms with E-state index < -0.39 is 22.0 Å². The molecule has 0 aromatic heterocycles. The maximum absolute atomic E-state index is 12.7. The van der Waals surface area contributed by atoms with Crippen LogP contribution >= 0.6 is 0 Å². The molecule has 0 bridgehead atoms. The molecule has 0 fully saturated rings. The highest BCUT2D eigenvalue weighted by Crippen LogP contribution is 2.25. The third-order valence-electron chi connectivity index (χ3n) is 4.06. The Balaban J connectivity index is 2.24. The Morgan fingerprint density at radius 1 is 1.04 bits per heavy atom. The Hall–Kier alpha value is -2.54. The lowest BCUT2D eigenvalue weighted by Crippen LogP contribution is -2.48. The Bertz CT molecular complexity index is 853. The van der Waals surface area contributed by atoms with Gasteiger partial charge < -0.3 is 10.1 Å². The summed E-state index contributed by atoms with van der Waals surface area (Å²) >= 11 is 0. The van der Waals surface area contributed by atoms with Gasteiger partial charge in [-0.15, -0.1) is 0 Å². The summed E-state index contributed by atoms with van der Waals surface area (Å²) < 4.78 is 31.0. The molecule has 6 nitrogen and oxygen atoms in total. The molecule has 0 aliphatic carbocycles. The quantitative estimate of drug-likeness (QED) is 0.806. The van der Waals surface area contributed by atoms with Gasteiger partial charge in [0.2, 0.25) is 15.9 Å². The number of ether oxygens (including phenoxy) is 1. The predicted octanol–water partition coefficient (Wildman–Crippen LogP) is 2.73. The van der Waals surface area contributed by atoms with E-state index in [4.69, 9.17) is 4.74 Å². The first-order chi connectivity index (χ1) is 12.3. The van der Waals surface area contributed by atoms with E-state index in [0.717, 1.165) is 16.1 Å². The summed E-state index contributed by atoms with van der Waals surface area (Å²) in [6.45, 7) is 3.40. The van der Waals surface area contributed by atoms with Crippen LogP contribution in [0.2, 0.25) is 0 Å². The van der Waals surface area contributed by atoms with Crippen LogP contribution in [0.1, 0.15) is 25.5 Å². The number of amides is 1. The predicted molar refractivity (Wildman–Crippen MR) is 103 cm³/mol. The van der Waals surface area contributed by atoms with Crippen LogP contribution in [0, 0.1) is 0 Å². The highest BCUT2D eigenvalue weighted by atomic mass is 32.2. The molecular weight excluding hydrogens is 352 g/mol. The molecule has 2 rings (SSSR count). The van der Waals surface area contributed by atoms with Gasteiger partial charge in [-0.1, -0.05) is 36.4 Å². The third-order valence-corrected chi connectivity index (χ3v) is 5.31. The molecule has 7 heteroatoms. The topological polar surface area (TPSA) is 75.7 Å². The van der Waals surface area contributed by atoms with E-state index in [-0.39, 0.29) is 6.04 Å². The number of nitrogens with zero attached hydrogens (tertiary/aromatic N) is 1. The molecule has 0 aliphatic rings. The minimum absolute atomic E-state index is 0.335. The van der Waals surface area contributed by atoms with Crippen LogP contribution in [0.3, 0.4) is 0 Å². The van der Waals surface area contributed by atoms with Crippen molar-refractivity contribution in [2.24, 2.45) is 0 Å². The molecule has 0 saturated carbocycles. The normalized spacial score (nSPS) is 13.5. The molecule has 2 aromatic carbocycles. The number of hydrogen-bond donors (Lipinski definition) is 1.